The SMILES string of the molecule is COc1cccc(COc2ccc(C(=O)O)cc2Br)c1F. The van der Waals surface area contributed by atoms with Crippen molar-refractivity contribution >= 4 is 21.9 Å². The standard InChI is InChI=1S/C15H12BrFO4/c1-20-13-4-2-3-10(14(13)17)8-21-12-6-5-9(15(18)19)7-11(12)16/h2-7H,8H2,1H3,(H,18,19). The van der Waals surface area contributed by atoms with Gasteiger partial charge in [0.25, 0.3) is 0 Å². The summed E-state index contributed by atoms with van der Waals surface area (Å²) in [5.74, 6) is -0.919. The summed E-state index contributed by atoms with van der Waals surface area (Å²) in [5.41, 5.74) is 0.491. The molecule has 110 valence electrons. The van der Waals surface area contributed by atoms with Crippen LogP contribution in [0.2, 0.25) is 0 Å². The molecule has 0 aliphatic heterocycles. The van der Waals surface area contributed by atoms with Crippen molar-refractivity contribution in [1.29, 1.82) is 0 Å². The van der Waals surface area contributed by atoms with Gasteiger partial charge in [0.2, 0.25) is 0 Å². The molecule has 0 atom stereocenters. The van der Waals surface area contributed by atoms with Crippen LogP contribution in [0.4, 0.5) is 4.39 Å². The van der Waals surface area contributed by atoms with E-state index in [2.05, 4.69) is 15.9 Å². The minimum atomic E-state index is -1.03. The van der Waals surface area contributed by atoms with Crippen molar-refractivity contribution in [2.24, 2.45) is 0 Å². The molecule has 2 aromatic rings. The molecule has 0 saturated carbocycles. The molecule has 0 bridgehead atoms. The molecule has 0 aromatic heterocycles. The maximum Gasteiger partial charge on any atom is 0.335 e. The molecule has 2 rings (SSSR count). The summed E-state index contributed by atoms with van der Waals surface area (Å²) in [7, 11) is 1.39. The molecule has 2 aromatic carbocycles. The van der Waals surface area contributed by atoms with E-state index in [-0.39, 0.29) is 17.9 Å². The van der Waals surface area contributed by atoms with E-state index in [4.69, 9.17) is 14.6 Å². The van der Waals surface area contributed by atoms with Crippen LogP contribution in [0, 0.1) is 5.82 Å². The molecule has 4 nitrogen and oxygen atoms in total. The quantitative estimate of drug-likeness (QED) is 0.885. The van der Waals surface area contributed by atoms with Gasteiger partial charge in [-0.15, -0.1) is 0 Å². The average molecular weight is 355 g/mol. The van der Waals surface area contributed by atoms with E-state index in [1.807, 2.05) is 0 Å². The Balaban J connectivity index is 2.15. The van der Waals surface area contributed by atoms with Gasteiger partial charge in [-0.2, -0.15) is 0 Å². The van der Waals surface area contributed by atoms with Gasteiger partial charge in [-0.1, -0.05) is 12.1 Å². The minimum absolute atomic E-state index is 0.00799. The zero-order chi connectivity index (χ0) is 15.4. The summed E-state index contributed by atoms with van der Waals surface area (Å²) in [6.07, 6.45) is 0. The van der Waals surface area contributed by atoms with Crippen LogP contribution in [0.1, 0.15) is 15.9 Å². The Labute approximate surface area is 129 Å². The second-order valence-electron chi connectivity index (χ2n) is 4.17. The first-order chi connectivity index (χ1) is 10.0. The van der Waals surface area contributed by atoms with Crippen molar-refractivity contribution in [2.75, 3.05) is 7.11 Å². The highest BCUT2D eigenvalue weighted by atomic mass is 79.9. The third kappa shape index (κ3) is 3.52. The Morgan fingerprint density at radius 1 is 1.29 bits per heavy atom. The molecule has 0 heterocycles. The summed E-state index contributed by atoms with van der Waals surface area (Å²) >= 11 is 3.23. The smallest absolute Gasteiger partial charge is 0.335 e. The van der Waals surface area contributed by atoms with Crippen molar-refractivity contribution in [3.63, 3.8) is 0 Å². The predicted octanol–water partition coefficient (Wildman–Crippen LogP) is 3.87. The van der Waals surface area contributed by atoms with E-state index in [1.54, 1.807) is 12.1 Å². The Hall–Kier alpha value is -2.08. The van der Waals surface area contributed by atoms with Crippen molar-refractivity contribution in [2.45, 2.75) is 6.61 Å². The monoisotopic (exact) mass is 354 g/mol. The molecule has 0 aliphatic rings. The largest absolute Gasteiger partial charge is 0.494 e. The van der Waals surface area contributed by atoms with Crippen LogP contribution in [0.25, 0.3) is 0 Å². The lowest BCUT2D eigenvalue weighted by Gasteiger charge is -2.11. The molecule has 1 N–H and O–H groups in total. The lowest BCUT2D eigenvalue weighted by atomic mass is 10.2. The topological polar surface area (TPSA) is 55.8 Å². The molecule has 0 saturated heterocycles. The molecule has 0 aliphatic carbocycles. The number of hydrogen-bond acceptors (Lipinski definition) is 3. The van der Waals surface area contributed by atoms with Crippen molar-refractivity contribution in [3.8, 4) is 11.5 Å². The number of carboxylic acid groups (broad SMARTS) is 1. The first kappa shape index (κ1) is 15.3. The lowest BCUT2D eigenvalue weighted by Crippen LogP contribution is -2.02. The zero-order valence-corrected chi connectivity index (χ0v) is 12.7. The highest BCUT2D eigenvalue weighted by Crippen LogP contribution is 2.28. The number of methoxy groups -OCH3 is 1. The Bertz CT molecular complexity index is 673. The summed E-state index contributed by atoms with van der Waals surface area (Å²) in [5, 5.41) is 8.88. The molecule has 6 heteroatoms. The number of halogens is 2. The minimum Gasteiger partial charge on any atom is -0.494 e. The fourth-order valence-corrected chi connectivity index (χ4v) is 2.23. The Morgan fingerprint density at radius 2 is 2.05 bits per heavy atom. The van der Waals surface area contributed by atoms with Gasteiger partial charge in [-0.25, -0.2) is 9.18 Å². The second-order valence-corrected chi connectivity index (χ2v) is 5.03. The molecular weight excluding hydrogens is 343 g/mol. The van der Waals surface area contributed by atoms with Crippen molar-refractivity contribution < 1.29 is 23.8 Å². The molecular formula is C15H12BrFO4. The fourth-order valence-electron chi connectivity index (χ4n) is 1.73. The van der Waals surface area contributed by atoms with Gasteiger partial charge in [-0.3, -0.25) is 0 Å². The number of rotatable bonds is 5. The van der Waals surface area contributed by atoms with Gasteiger partial charge >= 0.3 is 5.97 Å². The van der Waals surface area contributed by atoms with Crippen LogP contribution in [0.5, 0.6) is 11.5 Å². The first-order valence-electron chi connectivity index (χ1n) is 6.00. The van der Waals surface area contributed by atoms with Crippen molar-refractivity contribution in [1.82, 2.24) is 0 Å². The molecule has 0 fully saturated rings. The Morgan fingerprint density at radius 3 is 2.67 bits per heavy atom. The number of aromatic carboxylic acids is 1. The average Bonchev–Trinajstić information content (AvgIpc) is 2.47. The van der Waals surface area contributed by atoms with Gasteiger partial charge < -0.3 is 14.6 Å². The summed E-state index contributed by atoms with van der Waals surface area (Å²) in [6.45, 7) is 0.00799. The van der Waals surface area contributed by atoms with E-state index >= 15 is 0 Å². The Kier molecular flexibility index (Phi) is 4.80. The zero-order valence-electron chi connectivity index (χ0n) is 11.1. The lowest BCUT2D eigenvalue weighted by molar-refractivity contribution is 0.0696. The number of benzene rings is 2. The summed E-state index contributed by atoms with van der Waals surface area (Å²) in [6, 6.07) is 9.16. The second kappa shape index (κ2) is 6.58. The first-order valence-corrected chi connectivity index (χ1v) is 6.79. The van der Waals surface area contributed by atoms with Crippen molar-refractivity contribution in [3.05, 3.63) is 57.8 Å². The molecule has 21 heavy (non-hydrogen) atoms. The maximum atomic E-state index is 14.0. The van der Waals surface area contributed by atoms with E-state index < -0.39 is 11.8 Å². The highest BCUT2D eigenvalue weighted by Gasteiger charge is 2.11. The van der Waals surface area contributed by atoms with Gasteiger partial charge in [0.05, 0.1) is 17.1 Å². The van der Waals surface area contributed by atoms with Crippen LogP contribution >= 0.6 is 15.9 Å². The van der Waals surface area contributed by atoms with Gasteiger partial charge in [0.15, 0.2) is 11.6 Å². The van der Waals surface area contributed by atoms with Crippen LogP contribution in [-0.4, -0.2) is 18.2 Å². The van der Waals surface area contributed by atoms with E-state index in [0.717, 1.165) is 0 Å². The number of carbonyl (C=O) groups is 1. The maximum absolute atomic E-state index is 14.0. The van der Waals surface area contributed by atoms with Gasteiger partial charge in [-0.05, 0) is 40.2 Å². The molecule has 0 amide bonds. The third-order valence-corrected chi connectivity index (χ3v) is 3.44. The third-order valence-electron chi connectivity index (χ3n) is 2.83. The molecule has 0 spiro atoms. The van der Waals surface area contributed by atoms with Crippen LogP contribution < -0.4 is 9.47 Å². The normalized spacial score (nSPS) is 10.2. The van der Waals surface area contributed by atoms with Crippen LogP contribution in [-0.2, 0) is 6.61 Å². The molecule has 0 unspecified atom stereocenters. The van der Waals surface area contributed by atoms with Crippen LogP contribution in [0.15, 0.2) is 40.9 Å². The van der Waals surface area contributed by atoms with Gasteiger partial charge in [0.1, 0.15) is 12.4 Å². The predicted molar refractivity (Wildman–Crippen MR) is 78.4 cm³/mol. The van der Waals surface area contributed by atoms with E-state index in [1.165, 1.54) is 31.4 Å². The number of hydrogen-bond donors (Lipinski definition) is 1. The fraction of sp³-hybridized carbons (Fsp3) is 0.133. The van der Waals surface area contributed by atoms with Crippen LogP contribution in [0.3, 0.4) is 0 Å². The van der Waals surface area contributed by atoms with Gasteiger partial charge in [0, 0.05) is 5.56 Å². The number of ether oxygens (including phenoxy) is 2. The summed E-state index contributed by atoms with van der Waals surface area (Å²) < 4.78 is 24.8. The molecule has 0 radical (unpaired) electrons. The summed E-state index contributed by atoms with van der Waals surface area (Å²) in [4.78, 5) is 10.8. The van der Waals surface area contributed by atoms with E-state index in [9.17, 15) is 9.18 Å². The number of carboxylic acids is 1. The van der Waals surface area contributed by atoms with E-state index in [0.29, 0.717) is 15.8 Å². The highest BCUT2D eigenvalue weighted by molar-refractivity contribution is 9.10.